The van der Waals surface area contributed by atoms with Gasteiger partial charge in [0.1, 0.15) is 11.4 Å². The molecule has 4 rings (SSSR count). The highest BCUT2D eigenvalue weighted by Gasteiger charge is 2.46. The number of fused-ring (bicyclic) bond motifs is 1. The Labute approximate surface area is 166 Å². The van der Waals surface area contributed by atoms with Crippen molar-refractivity contribution in [2.24, 2.45) is 7.05 Å². The van der Waals surface area contributed by atoms with Crippen molar-refractivity contribution in [3.8, 4) is 5.75 Å². The maximum absolute atomic E-state index is 12.7. The summed E-state index contributed by atoms with van der Waals surface area (Å²) in [5.41, 5.74) is 1.68. The average molecular weight is 408 g/mol. The van der Waals surface area contributed by atoms with E-state index in [2.05, 4.69) is 20.1 Å². The van der Waals surface area contributed by atoms with E-state index in [0.29, 0.717) is 16.5 Å². The molecule has 0 aliphatic heterocycles. The third-order valence-electron chi connectivity index (χ3n) is 4.75. The number of benzene rings is 1. The minimum absolute atomic E-state index is 0.281. The number of rotatable bonds is 4. The molecule has 29 heavy (non-hydrogen) atoms. The van der Waals surface area contributed by atoms with Crippen LogP contribution in [0.15, 0.2) is 30.6 Å². The van der Waals surface area contributed by atoms with E-state index in [1.165, 1.54) is 25.1 Å². The summed E-state index contributed by atoms with van der Waals surface area (Å²) in [4.78, 5) is 15.6. The van der Waals surface area contributed by atoms with Crippen molar-refractivity contribution in [3.63, 3.8) is 0 Å². The lowest BCUT2D eigenvalue weighted by molar-refractivity contribution is -0.274. The number of aryl methyl sites for hydroxylation is 2. The highest BCUT2D eigenvalue weighted by molar-refractivity contribution is 5.99. The zero-order valence-corrected chi connectivity index (χ0v) is 16.6. The predicted molar refractivity (Wildman–Crippen MR) is 103 cm³/mol. The number of carbonyl (C=O) groups is 1. The number of alkyl halides is 3. The Bertz CT molecular complexity index is 1030. The quantitative estimate of drug-likeness (QED) is 0.665. The number of hydrogen-bond acceptors (Lipinski definition) is 3. The molecule has 3 aromatic rings. The van der Waals surface area contributed by atoms with Crippen molar-refractivity contribution in [1.29, 1.82) is 0 Å². The standard InChI is InChI=1S/C18H17F3N4O2.C2H6/c1-10-5-13-11(7-15(10)27-18(19,20)21)6-14(23-13)16(26)24-17(3-4-17)12-8-22-25(2)9-12;1-2/h5-9,23H,3-4H2,1-2H3,(H,24,26);1-2H3. The van der Waals surface area contributed by atoms with Crippen molar-refractivity contribution in [1.82, 2.24) is 20.1 Å². The second-order valence-electron chi connectivity index (χ2n) is 6.87. The number of H-pyrrole nitrogens is 1. The fourth-order valence-corrected chi connectivity index (χ4v) is 3.19. The normalized spacial score (nSPS) is 14.9. The summed E-state index contributed by atoms with van der Waals surface area (Å²) in [5, 5.41) is 7.61. The van der Waals surface area contributed by atoms with Gasteiger partial charge in [-0.15, -0.1) is 13.2 Å². The molecule has 2 aromatic heterocycles. The van der Waals surface area contributed by atoms with Crippen molar-refractivity contribution in [2.45, 2.75) is 45.5 Å². The highest BCUT2D eigenvalue weighted by atomic mass is 19.4. The smallest absolute Gasteiger partial charge is 0.405 e. The Morgan fingerprint density at radius 3 is 2.52 bits per heavy atom. The SMILES string of the molecule is CC.Cc1cc2[nH]c(C(=O)NC3(c4cnn(C)c4)CC3)cc2cc1OC(F)(F)F. The molecular weight excluding hydrogens is 385 g/mol. The minimum Gasteiger partial charge on any atom is -0.405 e. The van der Waals surface area contributed by atoms with Crippen LogP contribution in [0.5, 0.6) is 5.75 Å². The molecule has 156 valence electrons. The lowest BCUT2D eigenvalue weighted by Crippen LogP contribution is -2.34. The molecule has 1 fully saturated rings. The third kappa shape index (κ3) is 4.38. The van der Waals surface area contributed by atoms with Crippen LogP contribution in [0.3, 0.4) is 0 Å². The van der Waals surface area contributed by atoms with Gasteiger partial charge in [-0.1, -0.05) is 13.8 Å². The second-order valence-corrected chi connectivity index (χ2v) is 6.87. The topological polar surface area (TPSA) is 71.9 Å². The van der Waals surface area contributed by atoms with Gasteiger partial charge in [0.2, 0.25) is 0 Å². The lowest BCUT2D eigenvalue weighted by Gasteiger charge is -2.15. The molecule has 1 aromatic carbocycles. The first-order chi connectivity index (χ1) is 13.7. The molecule has 2 N–H and O–H groups in total. The molecule has 0 spiro atoms. The van der Waals surface area contributed by atoms with E-state index < -0.39 is 11.9 Å². The van der Waals surface area contributed by atoms with Gasteiger partial charge in [0.05, 0.1) is 11.7 Å². The first-order valence-corrected chi connectivity index (χ1v) is 9.36. The Balaban J connectivity index is 0.00000117. The molecule has 0 radical (unpaired) electrons. The molecule has 0 atom stereocenters. The van der Waals surface area contributed by atoms with Gasteiger partial charge < -0.3 is 15.0 Å². The van der Waals surface area contributed by atoms with Gasteiger partial charge >= 0.3 is 6.36 Å². The summed E-state index contributed by atoms with van der Waals surface area (Å²) in [5.74, 6) is -0.599. The molecule has 1 amide bonds. The highest BCUT2D eigenvalue weighted by Crippen LogP contribution is 2.45. The molecule has 0 saturated heterocycles. The average Bonchev–Trinajstić information content (AvgIpc) is 3.08. The van der Waals surface area contributed by atoms with Crippen molar-refractivity contribution < 1.29 is 22.7 Å². The van der Waals surface area contributed by atoms with E-state index in [0.717, 1.165) is 18.4 Å². The van der Waals surface area contributed by atoms with E-state index in [4.69, 9.17) is 0 Å². The third-order valence-corrected chi connectivity index (χ3v) is 4.75. The summed E-state index contributed by atoms with van der Waals surface area (Å²) in [6.45, 7) is 5.52. The predicted octanol–water partition coefficient (Wildman–Crippen LogP) is 4.55. The molecular formula is C20H23F3N4O2. The van der Waals surface area contributed by atoms with Crippen LogP contribution in [0.4, 0.5) is 13.2 Å². The number of nitrogens with one attached hydrogen (secondary N) is 2. The van der Waals surface area contributed by atoms with Gasteiger partial charge in [-0.3, -0.25) is 9.48 Å². The molecule has 2 heterocycles. The van der Waals surface area contributed by atoms with Crippen LogP contribution < -0.4 is 10.1 Å². The van der Waals surface area contributed by atoms with E-state index in [1.54, 1.807) is 10.9 Å². The van der Waals surface area contributed by atoms with Crippen molar-refractivity contribution in [2.75, 3.05) is 0 Å². The van der Waals surface area contributed by atoms with E-state index in [1.807, 2.05) is 27.1 Å². The molecule has 1 saturated carbocycles. The zero-order valence-electron chi connectivity index (χ0n) is 16.6. The molecule has 9 heteroatoms. The largest absolute Gasteiger partial charge is 0.573 e. The van der Waals surface area contributed by atoms with Crippen LogP contribution in [-0.2, 0) is 12.6 Å². The van der Waals surface area contributed by atoms with E-state index in [-0.39, 0.29) is 17.4 Å². The number of carbonyl (C=O) groups excluding carboxylic acids is 1. The number of halogens is 3. The Morgan fingerprint density at radius 2 is 1.97 bits per heavy atom. The van der Waals surface area contributed by atoms with Crippen LogP contribution in [0.25, 0.3) is 10.9 Å². The second kappa shape index (κ2) is 7.46. The molecule has 6 nitrogen and oxygen atoms in total. The van der Waals surface area contributed by atoms with Crippen LogP contribution in [0, 0.1) is 6.92 Å². The summed E-state index contributed by atoms with van der Waals surface area (Å²) in [6, 6.07) is 4.33. The fraction of sp³-hybridized carbons (Fsp3) is 0.400. The van der Waals surface area contributed by atoms with Crippen LogP contribution >= 0.6 is 0 Å². The number of nitrogens with zero attached hydrogens (tertiary/aromatic N) is 2. The number of aromatic nitrogens is 3. The molecule has 1 aliphatic rings. The Hall–Kier alpha value is -2.97. The number of amides is 1. The van der Waals surface area contributed by atoms with Gasteiger partial charge in [0.15, 0.2) is 0 Å². The fourth-order valence-electron chi connectivity index (χ4n) is 3.19. The van der Waals surface area contributed by atoms with E-state index in [9.17, 15) is 18.0 Å². The minimum atomic E-state index is -4.77. The van der Waals surface area contributed by atoms with Gasteiger partial charge in [0.25, 0.3) is 5.91 Å². The van der Waals surface area contributed by atoms with Gasteiger partial charge in [-0.25, -0.2) is 0 Å². The summed E-state index contributed by atoms with van der Waals surface area (Å²) >= 11 is 0. The zero-order chi connectivity index (χ0) is 21.4. The van der Waals surface area contributed by atoms with Crippen molar-refractivity contribution in [3.05, 3.63) is 47.4 Å². The van der Waals surface area contributed by atoms with E-state index >= 15 is 0 Å². The first-order valence-electron chi connectivity index (χ1n) is 9.36. The first kappa shape index (κ1) is 20.8. The van der Waals surface area contributed by atoms with Crippen molar-refractivity contribution >= 4 is 16.8 Å². The maximum atomic E-state index is 12.7. The maximum Gasteiger partial charge on any atom is 0.573 e. The summed E-state index contributed by atoms with van der Waals surface area (Å²) in [7, 11) is 1.81. The summed E-state index contributed by atoms with van der Waals surface area (Å²) < 4.78 is 43.2. The molecule has 0 unspecified atom stereocenters. The lowest BCUT2D eigenvalue weighted by atomic mass is 10.1. The number of ether oxygens (including phenoxy) is 1. The van der Waals surface area contributed by atoms with Crippen LogP contribution in [0.1, 0.15) is 48.3 Å². The molecule has 1 aliphatic carbocycles. The molecule has 0 bridgehead atoms. The van der Waals surface area contributed by atoms with Crippen LogP contribution in [-0.4, -0.2) is 27.0 Å². The van der Waals surface area contributed by atoms with Gasteiger partial charge in [-0.2, -0.15) is 5.10 Å². The number of hydrogen-bond donors (Lipinski definition) is 2. The number of aromatic amines is 1. The Kier molecular flexibility index (Phi) is 5.34. The summed E-state index contributed by atoms with van der Waals surface area (Å²) in [6.07, 6.45) is 0.447. The van der Waals surface area contributed by atoms with Crippen LogP contribution in [0.2, 0.25) is 0 Å². The van der Waals surface area contributed by atoms with Gasteiger partial charge in [0, 0.05) is 29.7 Å². The monoisotopic (exact) mass is 408 g/mol. The van der Waals surface area contributed by atoms with Gasteiger partial charge in [-0.05, 0) is 43.5 Å². The Morgan fingerprint density at radius 1 is 1.28 bits per heavy atom.